The van der Waals surface area contributed by atoms with Crippen LogP contribution < -0.4 is 4.74 Å². The van der Waals surface area contributed by atoms with Crippen LogP contribution in [-0.4, -0.2) is 36.2 Å². The van der Waals surface area contributed by atoms with Crippen molar-refractivity contribution in [1.29, 1.82) is 0 Å². The quantitative estimate of drug-likeness (QED) is 0.853. The lowest BCUT2D eigenvalue weighted by Crippen LogP contribution is -2.23. The molecule has 2 aromatic carbocycles. The third kappa shape index (κ3) is 4.90. The molecule has 2 rings (SSSR count). The van der Waals surface area contributed by atoms with Crippen molar-refractivity contribution in [3.63, 3.8) is 0 Å². The fourth-order valence-electron chi connectivity index (χ4n) is 2.10. The number of hydrogen-bond acceptors (Lipinski definition) is 3. The number of carboxylic acid groups (broad SMARTS) is 1. The molecule has 0 bridgehead atoms. The molecule has 2 aromatic rings. The SMILES string of the molecule is Cc1ccc(OCCN(C)Cc2ccc(C(=O)O)cc2)cc1. The van der Waals surface area contributed by atoms with Gasteiger partial charge in [-0.3, -0.25) is 4.90 Å². The second-order valence-corrected chi connectivity index (χ2v) is 5.40. The van der Waals surface area contributed by atoms with Crippen LogP contribution in [-0.2, 0) is 6.54 Å². The molecule has 4 nitrogen and oxygen atoms in total. The number of aromatic carboxylic acids is 1. The summed E-state index contributed by atoms with van der Waals surface area (Å²) in [4.78, 5) is 12.9. The third-order valence-corrected chi connectivity index (χ3v) is 3.42. The fourth-order valence-corrected chi connectivity index (χ4v) is 2.10. The van der Waals surface area contributed by atoms with Crippen LogP contribution in [0.25, 0.3) is 0 Å². The second-order valence-electron chi connectivity index (χ2n) is 5.40. The Balaban J connectivity index is 1.76. The molecule has 116 valence electrons. The van der Waals surface area contributed by atoms with Crippen LogP contribution in [0.3, 0.4) is 0 Å². The molecule has 4 heteroatoms. The number of ether oxygens (including phenoxy) is 1. The minimum absolute atomic E-state index is 0.314. The molecule has 0 radical (unpaired) electrons. The van der Waals surface area contributed by atoms with Gasteiger partial charge in [-0.25, -0.2) is 4.79 Å². The molecule has 0 saturated carbocycles. The van der Waals surface area contributed by atoms with Gasteiger partial charge in [0.1, 0.15) is 12.4 Å². The molecule has 0 atom stereocenters. The Morgan fingerprint density at radius 3 is 2.32 bits per heavy atom. The largest absolute Gasteiger partial charge is 0.492 e. The van der Waals surface area contributed by atoms with Gasteiger partial charge in [0, 0.05) is 13.1 Å². The first-order valence-electron chi connectivity index (χ1n) is 7.25. The topological polar surface area (TPSA) is 49.8 Å². The minimum Gasteiger partial charge on any atom is -0.492 e. The molecule has 0 aliphatic rings. The van der Waals surface area contributed by atoms with Gasteiger partial charge in [0.05, 0.1) is 5.56 Å². The number of rotatable bonds is 7. The minimum atomic E-state index is -0.897. The Bertz CT molecular complexity index is 605. The maximum Gasteiger partial charge on any atom is 0.335 e. The van der Waals surface area contributed by atoms with E-state index in [2.05, 4.69) is 4.90 Å². The number of aryl methyl sites for hydroxylation is 1. The highest BCUT2D eigenvalue weighted by Gasteiger charge is 2.04. The van der Waals surface area contributed by atoms with E-state index in [4.69, 9.17) is 9.84 Å². The van der Waals surface area contributed by atoms with E-state index < -0.39 is 5.97 Å². The van der Waals surface area contributed by atoms with Gasteiger partial charge in [-0.15, -0.1) is 0 Å². The number of benzene rings is 2. The molecule has 0 aromatic heterocycles. The average molecular weight is 299 g/mol. The van der Waals surface area contributed by atoms with Gasteiger partial charge in [-0.2, -0.15) is 0 Å². The predicted molar refractivity (Wildman–Crippen MR) is 86.4 cm³/mol. The summed E-state index contributed by atoms with van der Waals surface area (Å²) in [5, 5.41) is 8.87. The van der Waals surface area contributed by atoms with Gasteiger partial charge in [0.25, 0.3) is 0 Å². The Morgan fingerprint density at radius 2 is 1.73 bits per heavy atom. The molecular weight excluding hydrogens is 278 g/mol. The van der Waals surface area contributed by atoms with Crippen LogP contribution in [0, 0.1) is 6.92 Å². The molecule has 0 amide bonds. The van der Waals surface area contributed by atoms with Crippen molar-refractivity contribution in [2.75, 3.05) is 20.2 Å². The van der Waals surface area contributed by atoms with Crippen molar-refractivity contribution in [1.82, 2.24) is 4.90 Å². The van der Waals surface area contributed by atoms with Crippen LogP contribution in [0.4, 0.5) is 0 Å². The molecule has 22 heavy (non-hydrogen) atoms. The van der Waals surface area contributed by atoms with E-state index in [-0.39, 0.29) is 0 Å². The summed E-state index contributed by atoms with van der Waals surface area (Å²) in [6.07, 6.45) is 0. The van der Waals surface area contributed by atoms with Crippen molar-refractivity contribution in [3.05, 3.63) is 65.2 Å². The van der Waals surface area contributed by atoms with Crippen LogP contribution in [0.15, 0.2) is 48.5 Å². The average Bonchev–Trinajstić information content (AvgIpc) is 2.50. The van der Waals surface area contributed by atoms with E-state index in [1.165, 1.54) is 5.56 Å². The molecular formula is C18H21NO3. The summed E-state index contributed by atoms with van der Waals surface area (Å²) in [7, 11) is 2.02. The molecule has 0 fully saturated rings. The lowest BCUT2D eigenvalue weighted by atomic mass is 10.1. The van der Waals surface area contributed by atoms with Crippen LogP contribution in [0.5, 0.6) is 5.75 Å². The van der Waals surface area contributed by atoms with Crippen molar-refractivity contribution in [2.45, 2.75) is 13.5 Å². The maximum absolute atomic E-state index is 10.8. The summed E-state index contributed by atoms with van der Waals surface area (Å²) in [5.74, 6) is -0.0174. The van der Waals surface area contributed by atoms with Gasteiger partial charge < -0.3 is 9.84 Å². The highest BCUT2D eigenvalue weighted by molar-refractivity contribution is 5.87. The van der Waals surface area contributed by atoms with E-state index >= 15 is 0 Å². The molecule has 0 aliphatic carbocycles. The monoisotopic (exact) mass is 299 g/mol. The smallest absolute Gasteiger partial charge is 0.335 e. The van der Waals surface area contributed by atoms with Gasteiger partial charge in [-0.1, -0.05) is 29.8 Å². The van der Waals surface area contributed by atoms with E-state index in [1.54, 1.807) is 12.1 Å². The van der Waals surface area contributed by atoms with Crippen LogP contribution in [0.2, 0.25) is 0 Å². The van der Waals surface area contributed by atoms with Crippen molar-refractivity contribution >= 4 is 5.97 Å². The van der Waals surface area contributed by atoms with Crippen molar-refractivity contribution in [3.8, 4) is 5.75 Å². The van der Waals surface area contributed by atoms with Crippen LogP contribution >= 0.6 is 0 Å². The first-order chi connectivity index (χ1) is 10.5. The molecule has 0 unspecified atom stereocenters. The maximum atomic E-state index is 10.8. The van der Waals surface area contributed by atoms with Crippen molar-refractivity contribution in [2.24, 2.45) is 0 Å². The molecule has 0 heterocycles. The van der Waals surface area contributed by atoms with Gasteiger partial charge in [0.15, 0.2) is 0 Å². The Kier molecular flexibility index (Phi) is 5.55. The zero-order valence-corrected chi connectivity index (χ0v) is 13.0. The van der Waals surface area contributed by atoms with Gasteiger partial charge in [0.2, 0.25) is 0 Å². The standard InChI is InChI=1S/C18H21NO3/c1-14-3-9-17(10-4-14)22-12-11-19(2)13-15-5-7-16(8-6-15)18(20)21/h3-10H,11-13H2,1-2H3,(H,20,21). The van der Waals surface area contributed by atoms with Gasteiger partial charge >= 0.3 is 5.97 Å². The van der Waals surface area contributed by atoms with Gasteiger partial charge in [-0.05, 0) is 43.8 Å². The number of hydrogen-bond donors (Lipinski definition) is 1. The van der Waals surface area contributed by atoms with E-state index in [0.29, 0.717) is 12.2 Å². The van der Waals surface area contributed by atoms with E-state index in [9.17, 15) is 4.79 Å². The second kappa shape index (κ2) is 7.61. The predicted octanol–water partition coefficient (Wildman–Crippen LogP) is 3.20. The number of carboxylic acids is 1. The first kappa shape index (κ1) is 16.0. The van der Waals surface area contributed by atoms with Crippen LogP contribution in [0.1, 0.15) is 21.5 Å². The molecule has 0 aliphatic heterocycles. The molecule has 1 N–H and O–H groups in total. The highest BCUT2D eigenvalue weighted by Crippen LogP contribution is 2.11. The Hall–Kier alpha value is -2.33. The molecule has 0 spiro atoms. The zero-order chi connectivity index (χ0) is 15.9. The summed E-state index contributed by atoms with van der Waals surface area (Å²) < 4.78 is 5.70. The summed E-state index contributed by atoms with van der Waals surface area (Å²) in [6, 6.07) is 15.0. The first-order valence-corrected chi connectivity index (χ1v) is 7.25. The van der Waals surface area contributed by atoms with Crippen molar-refractivity contribution < 1.29 is 14.6 Å². The third-order valence-electron chi connectivity index (χ3n) is 3.42. The molecule has 0 saturated heterocycles. The number of carbonyl (C=O) groups is 1. The Labute approximate surface area is 131 Å². The number of likely N-dealkylation sites (N-methyl/N-ethyl adjacent to an activating group) is 1. The summed E-state index contributed by atoms with van der Waals surface area (Å²) in [6.45, 7) is 4.23. The fraction of sp³-hybridized carbons (Fsp3) is 0.278. The number of nitrogens with zero attached hydrogens (tertiary/aromatic N) is 1. The lowest BCUT2D eigenvalue weighted by molar-refractivity contribution is 0.0697. The highest BCUT2D eigenvalue weighted by atomic mass is 16.5. The van der Waals surface area contributed by atoms with E-state index in [0.717, 1.165) is 24.4 Å². The summed E-state index contributed by atoms with van der Waals surface area (Å²) >= 11 is 0. The summed E-state index contributed by atoms with van der Waals surface area (Å²) in [5.41, 5.74) is 2.62. The lowest BCUT2D eigenvalue weighted by Gasteiger charge is -2.17. The van der Waals surface area contributed by atoms with E-state index in [1.807, 2.05) is 50.4 Å². The normalized spacial score (nSPS) is 10.7. The Morgan fingerprint density at radius 1 is 1.09 bits per heavy atom. The zero-order valence-electron chi connectivity index (χ0n) is 13.0.